The number of nitrogens with zero attached hydrogens (tertiary/aromatic N) is 3. The van der Waals surface area contributed by atoms with Crippen molar-refractivity contribution in [2.45, 2.75) is 52.2 Å². The molecule has 2 atom stereocenters. The van der Waals surface area contributed by atoms with Crippen molar-refractivity contribution in [2.75, 3.05) is 19.6 Å². The van der Waals surface area contributed by atoms with Gasteiger partial charge in [-0.05, 0) is 66.6 Å². The molecule has 3 aromatic carbocycles. The molecule has 4 amide bonds. The first-order valence-corrected chi connectivity index (χ1v) is 15.1. The van der Waals surface area contributed by atoms with Crippen molar-refractivity contribution >= 4 is 17.8 Å². The van der Waals surface area contributed by atoms with Gasteiger partial charge in [0.05, 0.1) is 23.9 Å². The minimum absolute atomic E-state index is 0.0338. The van der Waals surface area contributed by atoms with Crippen LogP contribution in [0.2, 0.25) is 0 Å². The van der Waals surface area contributed by atoms with Gasteiger partial charge in [-0.2, -0.15) is 0 Å². The molecule has 0 spiro atoms. The van der Waals surface area contributed by atoms with Crippen LogP contribution >= 0.6 is 0 Å². The largest absolute Gasteiger partial charge is 0.457 e. The van der Waals surface area contributed by atoms with E-state index in [1.165, 1.54) is 5.56 Å². The van der Waals surface area contributed by atoms with Crippen LogP contribution in [0.15, 0.2) is 90.1 Å². The molecule has 3 aliphatic rings. The van der Waals surface area contributed by atoms with Crippen molar-refractivity contribution in [1.29, 1.82) is 0 Å². The van der Waals surface area contributed by atoms with E-state index in [-0.39, 0.29) is 30.3 Å². The van der Waals surface area contributed by atoms with E-state index in [0.29, 0.717) is 48.8 Å². The third kappa shape index (κ3) is 5.61. The molecule has 0 unspecified atom stereocenters. The summed E-state index contributed by atoms with van der Waals surface area (Å²) in [7, 11) is 0. The smallest absolute Gasteiger partial charge is 0.322 e. The predicted molar refractivity (Wildman–Crippen MR) is 164 cm³/mol. The summed E-state index contributed by atoms with van der Waals surface area (Å²) in [6.45, 7) is 7.84. The van der Waals surface area contributed by atoms with Gasteiger partial charge in [0.2, 0.25) is 5.91 Å². The van der Waals surface area contributed by atoms with Crippen molar-refractivity contribution < 1.29 is 19.1 Å². The standard InChI is InChI=1S/C35H38N4O4/c1-4-38-30-22-39(29(19-23(2)3)33(40)37-18-17-24-11-8-9-12-26(24)21-37)34(41)31(30)32(36-35(38)42)25-13-10-16-28(20-25)43-27-14-6-5-7-15-27/h5-16,20,23,29,32H,4,17-19,21-22H2,1-3H3,(H,36,42)/t29-,32+/m0/s1. The number of nitrogens with one attached hydrogen (secondary N) is 1. The number of ether oxygens (including phenoxy) is 1. The fraction of sp³-hybridized carbons (Fsp3) is 0.343. The van der Waals surface area contributed by atoms with Gasteiger partial charge in [-0.15, -0.1) is 0 Å². The minimum Gasteiger partial charge on any atom is -0.457 e. The van der Waals surface area contributed by atoms with E-state index in [0.717, 1.165) is 17.5 Å². The Kier molecular flexibility index (Phi) is 7.93. The quantitative estimate of drug-likeness (QED) is 0.374. The SMILES string of the molecule is CCN1C(=O)N[C@H](c2cccc(Oc3ccccc3)c2)C2=C1CN([C@@H](CC(C)C)C(=O)N1CCc3ccccc3C1)C2=O. The lowest BCUT2D eigenvalue weighted by molar-refractivity contribution is -0.144. The monoisotopic (exact) mass is 578 g/mol. The van der Waals surface area contributed by atoms with E-state index in [2.05, 4.69) is 31.3 Å². The van der Waals surface area contributed by atoms with Crippen LogP contribution in [0, 0.1) is 5.92 Å². The number of carbonyl (C=O) groups is 3. The van der Waals surface area contributed by atoms with Gasteiger partial charge in [0.25, 0.3) is 5.91 Å². The Morgan fingerprint density at radius 1 is 0.930 bits per heavy atom. The van der Waals surface area contributed by atoms with Crippen LogP contribution < -0.4 is 10.1 Å². The summed E-state index contributed by atoms with van der Waals surface area (Å²) in [5, 5.41) is 3.06. The maximum atomic E-state index is 14.4. The highest BCUT2D eigenvalue weighted by Gasteiger charge is 2.47. The van der Waals surface area contributed by atoms with Crippen LogP contribution in [0.4, 0.5) is 4.79 Å². The molecule has 1 N–H and O–H groups in total. The molecule has 8 nitrogen and oxygen atoms in total. The average molecular weight is 579 g/mol. The van der Waals surface area contributed by atoms with Crippen LogP contribution in [0.1, 0.15) is 49.9 Å². The average Bonchev–Trinajstić information content (AvgIpc) is 3.35. The first-order valence-electron chi connectivity index (χ1n) is 15.1. The van der Waals surface area contributed by atoms with Gasteiger partial charge in [-0.3, -0.25) is 14.5 Å². The Hall–Kier alpha value is -4.59. The van der Waals surface area contributed by atoms with E-state index in [4.69, 9.17) is 4.74 Å². The number of fused-ring (bicyclic) bond motifs is 1. The summed E-state index contributed by atoms with van der Waals surface area (Å²) in [5.74, 6) is 1.26. The van der Waals surface area contributed by atoms with Crippen LogP contribution in [0.25, 0.3) is 0 Å². The second kappa shape index (κ2) is 12.0. The second-order valence-corrected chi connectivity index (χ2v) is 11.8. The van der Waals surface area contributed by atoms with Crippen molar-refractivity contribution in [3.8, 4) is 11.5 Å². The first kappa shape index (κ1) is 28.5. The second-order valence-electron chi connectivity index (χ2n) is 11.8. The zero-order valence-corrected chi connectivity index (χ0v) is 25.0. The molecule has 6 rings (SSSR count). The Bertz CT molecular complexity index is 1570. The zero-order chi connectivity index (χ0) is 30.1. The molecule has 0 radical (unpaired) electrons. The molecule has 43 heavy (non-hydrogen) atoms. The van der Waals surface area contributed by atoms with E-state index >= 15 is 0 Å². The number of urea groups is 1. The van der Waals surface area contributed by atoms with Crippen LogP contribution in [-0.2, 0) is 22.6 Å². The molecule has 3 aromatic rings. The van der Waals surface area contributed by atoms with E-state index in [1.807, 2.05) is 78.6 Å². The number of rotatable bonds is 8. The van der Waals surface area contributed by atoms with Crippen molar-refractivity contribution in [2.24, 2.45) is 5.92 Å². The van der Waals surface area contributed by atoms with E-state index in [1.54, 1.807) is 9.80 Å². The van der Waals surface area contributed by atoms with Crippen molar-refractivity contribution in [1.82, 2.24) is 20.0 Å². The number of hydrogen-bond acceptors (Lipinski definition) is 4. The lowest BCUT2D eigenvalue weighted by Crippen LogP contribution is -2.51. The van der Waals surface area contributed by atoms with E-state index in [9.17, 15) is 14.4 Å². The summed E-state index contributed by atoms with van der Waals surface area (Å²) >= 11 is 0. The van der Waals surface area contributed by atoms with E-state index < -0.39 is 12.1 Å². The van der Waals surface area contributed by atoms with Gasteiger partial charge in [0.15, 0.2) is 0 Å². The number of carbonyl (C=O) groups excluding carboxylic acids is 3. The van der Waals surface area contributed by atoms with Gasteiger partial charge in [-0.1, -0.05) is 68.4 Å². The van der Waals surface area contributed by atoms with Crippen LogP contribution in [0.3, 0.4) is 0 Å². The lowest BCUT2D eigenvalue weighted by atomic mass is 9.95. The highest BCUT2D eigenvalue weighted by atomic mass is 16.5. The normalized spacial score (nSPS) is 18.9. The highest BCUT2D eigenvalue weighted by molar-refractivity contribution is 6.03. The van der Waals surface area contributed by atoms with Crippen LogP contribution in [-0.4, -0.2) is 58.2 Å². The zero-order valence-electron chi connectivity index (χ0n) is 25.0. The summed E-state index contributed by atoms with van der Waals surface area (Å²) in [6, 6.07) is 23.7. The maximum absolute atomic E-state index is 14.4. The van der Waals surface area contributed by atoms with Gasteiger partial charge in [-0.25, -0.2) is 4.79 Å². The summed E-state index contributed by atoms with van der Waals surface area (Å²) in [4.78, 5) is 47.1. The van der Waals surface area contributed by atoms with Gasteiger partial charge in [0, 0.05) is 19.6 Å². The fourth-order valence-corrected chi connectivity index (χ4v) is 6.43. The number of likely N-dealkylation sites (N-methyl/N-ethyl adjacent to an activating group) is 1. The first-order chi connectivity index (χ1) is 20.8. The molecule has 0 aromatic heterocycles. The van der Waals surface area contributed by atoms with Crippen molar-refractivity contribution in [3.63, 3.8) is 0 Å². The van der Waals surface area contributed by atoms with Crippen molar-refractivity contribution in [3.05, 3.63) is 107 Å². The van der Waals surface area contributed by atoms with Crippen LogP contribution in [0.5, 0.6) is 11.5 Å². The number of benzene rings is 3. The van der Waals surface area contributed by atoms with Gasteiger partial charge >= 0.3 is 6.03 Å². The summed E-state index contributed by atoms with van der Waals surface area (Å²) in [6.07, 6.45) is 1.34. The Labute approximate surface area is 252 Å². The molecule has 0 fully saturated rings. The minimum atomic E-state index is -0.654. The molecule has 3 heterocycles. The molecule has 3 aliphatic heterocycles. The Balaban J connectivity index is 1.31. The number of para-hydroxylation sites is 1. The molecule has 0 saturated heterocycles. The highest BCUT2D eigenvalue weighted by Crippen LogP contribution is 2.39. The van der Waals surface area contributed by atoms with Gasteiger partial charge < -0.3 is 19.9 Å². The Morgan fingerprint density at radius 2 is 1.65 bits per heavy atom. The molecule has 222 valence electrons. The molecule has 0 aliphatic carbocycles. The third-order valence-corrected chi connectivity index (χ3v) is 8.53. The molecule has 0 bridgehead atoms. The number of amides is 4. The fourth-order valence-electron chi connectivity index (χ4n) is 6.43. The summed E-state index contributed by atoms with van der Waals surface area (Å²) in [5.41, 5.74) is 4.36. The molecule has 0 saturated carbocycles. The topological polar surface area (TPSA) is 82.2 Å². The lowest BCUT2D eigenvalue weighted by Gasteiger charge is -2.36. The maximum Gasteiger partial charge on any atom is 0.322 e. The summed E-state index contributed by atoms with van der Waals surface area (Å²) < 4.78 is 6.06. The third-order valence-electron chi connectivity index (χ3n) is 8.53. The molecule has 8 heteroatoms. The Morgan fingerprint density at radius 3 is 2.40 bits per heavy atom. The molecular formula is C35H38N4O4. The number of hydrogen-bond donors (Lipinski definition) is 1. The molecular weight excluding hydrogens is 540 g/mol. The predicted octanol–water partition coefficient (Wildman–Crippen LogP) is 5.66. The van der Waals surface area contributed by atoms with Gasteiger partial charge in [0.1, 0.15) is 17.5 Å².